The average Bonchev–Trinajstić information content (AvgIpc) is 2.83. The van der Waals surface area contributed by atoms with Gasteiger partial charge in [0.1, 0.15) is 9.63 Å². The molecule has 0 saturated carbocycles. The highest BCUT2D eigenvalue weighted by molar-refractivity contribution is 8.47. The standard InChI is InChI=1S/C28H46N2O6S3/c1-11-13-20(12-2)16-26(5,6)17-21(23(33)30-10)27(7,8)39-25(37)38-15-14-35-28(9,29)22(32)19(4)36-24(34)18(3)31/h11-13,18-19,21,31H,1-2,14-17,29H2,3-10H3,(H,30,33)/b20-13+/t18-,19+,21?,28?/m1/s1. The number of ether oxygens (including phenoxy) is 2. The molecule has 11 heteroatoms. The van der Waals surface area contributed by atoms with Crippen LogP contribution >= 0.6 is 35.7 Å². The maximum Gasteiger partial charge on any atom is 0.335 e. The number of aliphatic hydroxyl groups excluding tert-OH is 1. The molecule has 222 valence electrons. The van der Waals surface area contributed by atoms with Gasteiger partial charge < -0.3 is 19.9 Å². The van der Waals surface area contributed by atoms with Gasteiger partial charge in [0, 0.05) is 17.5 Å². The number of hydrogen-bond acceptors (Lipinski definition) is 10. The Hall–Kier alpha value is -1.50. The summed E-state index contributed by atoms with van der Waals surface area (Å²) in [6.07, 6.45) is 4.34. The molecule has 0 heterocycles. The van der Waals surface area contributed by atoms with Crippen LogP contribution in [0.5, 0.6) is 0 Å². The molecule has 0 spiro atoms. The first-order valence-corrected chi connectivity index (χ1v) is 14.9. The fourth-order valence-electron chi connectivity index (χ4n) is 3.85. The Balaban J connectivity index is 5.14. The molecule has 0 rings (SSSR count). The van der Waals surface area contributed by atoms with Crippen LogP contribution < -0.4 is 11.1 Å². The van der Waals surface area contributed by atoms with Gasteiger partial charge in [-0.1, -0.05) is 57.5 Å². The monoisotopic (exact) mass is 602 g/mol. The van der Waals surface area contributed by atoms with Crippen LogP contribution in [-0.2, 0) is 23.9 Å². The molecule has 0 aromatic carbocycles. The van der Waals surface area contributed by atoms with Gasteiger partial charge in [0.25, 0.3) is 0 Å². The lowest BCUT2D eigenvalue weighted by Gasteiger charge is -2.38. The molecule has 0 radical (unpaired) electrons. The Morgan fingerprint density at radius 2 is 1.74 bits per heavy atom. The lowest BCUT2D eigenvalue weighted by molar-refractivity contribution is -0.168. The van der Waals surface area contributed by atoms with Crippen LogP contribution in [0.2, 0.25) is 0 Å². The minimum atomic E-state index is -1.69. The van der Waals surface area contributed by atoms with Gasteiger partial charge >= 0.3 is 5.97 Å². The van der Waals surface area contributed by atoms with Crippen molar-refractivity contribution in [1.82, 2.24) is 5.32 Å². The summed E-state index contributed by atoms with van der Waals surface area (Å²) in [7, 11) is 1.64. The minimum absolute atomic E-state index is 0.0487. The van der Waals surface area contributed by atoms with Gasteiger partial charge in [0.15, 0.2) is 11.8 Å². The van der Waals surface area contributed by atoms with Crippen LogP contribution in [0.15, 0.2) is 37.0 Å². The second-order valence-corrected chi connectivity index (χ2v) is 14.7. The molecule has 0 fully saturated rings. The van der Waals surface area contributed by atoms with E-state index in [2.05, 4.69) is 32.3 Å². The number of carbonyl (C=O) groups is 3. The number of aliphatic hydroxyl groups is 1. The highest BCUT2D eigenvalue weighted by atomic mass is 32.2. The normalized spacial score (nSPS) is 16.3. The molecule has 0 aromatic rings. The maximum atomic E-state index is 13.0. The molecule has 0 aliphatic rings. The first-order valence-electron chi connectivity index (χ1n) is 12.7. The molecule has 0 bridgehead atoms. The molecule has 4 atom stereocenters. The van der Waals surface area contributed by atoms with E-state index in [1.54, 1.807) is 13.1 Å². The summed E-state index contributed by atoms with van der Waals surface area (Å²) < 4.78 is 10.6. The zero-order chi connectivity index (χ0) is 30.6. The maximum absolute atomic E-state index is 13.0. The molecular weight excluding hydrogens is 557 g/mol. The van der Waals surface area contributed by atoms with E-state index in [-0.39, 0.29) is 23.8 Å². The SMILES string of the molecule is C=C/C=C(\C=C)CC(C)(C)CC(C(=O)NC)C(C)(C)SC(=S)SCCOC(C)(N)C(=O)[C@H](C)OC(=O)[C@@H](C)O. The van der Waals surface area contributed by atoms with Crippen molar-refractivity contribution in [1.29, 1.82) is 0 Å². The van der Waals surface area contributed by atoms with Gasteiger partial charge in [-0.3, -0.25) is 15.3 Å². The minimum Gasteiger partial charge on any atom is -0.453 e. The van der Waals surface area contributed by atoms with Crippen LogP contribution in [0.4, 0.5) is 0 Å². The predicted molar refractivity (Wildman–Crippen MR) is 167 cm³/mol. The molecule has 1 amide bonds. The number of nitrogens with one attached hydrogen (secondary N) is 1. The number of nitrogens with two attached hydrogens (primary N) is 1. The zero-order valence-corrected chi connectivity index (χ0v) is 26.9. The quantitative estimate of drug-likeness (QED) is 0.0717. The predicted octanol–water partition coefficient (Wildman–Crippen LogP) is 4.56. The third-order valence-electron chi connectivity index (χ3n) is 5.98. The van der Waals surface area contributed by atoms with E-state index in [0.717, 1.165) is 12.0 Å². The molecule has 0 saturated heterocycles. The molecule has 0 aliphatic heterocycles. The Labute approximate surface area is 248 Å². The van der Waals surface area contributed by atoms with E-state index in [4.69, 9.17) is 27.4 Å². The summed E-state index contributed by atoms with van der Waals surface area (Å²) >= 11 is 8.44. The summed E-state index contributed by atoms with van der Waals surface area (Å²) in [5, 5.41) is 12.1. The largest absolute Gasteiger partial charge is 0.453 e. The second kappa shape index (κ2) is 16.7. The third-order valence-corrected chi connectivity index (χ3v) is 8.77. The van der Waals surface area contributed by atoms with Gasteiger partial charge in [-0.15, -0.1) is 23.5 Å². The van der Waals surface area contributed by atoms with E-state index in [0.29, 0.717) is 15.7 Å². The van der Waals surface area contributed by atoms with Gasteiger partial charge in [-0.2, -0.15) is 0 Å². The van der Waals surface area contributed by atoms with Gasteiger partial charge in [-0.25, -0.2) is 4.79 Å². The number of hydrogen-bond donors (Lipinski definition) is 3. The van der Waals surface area contributed by atoms with Crippen molar-refractivity contribution < 1.29 is 29.0 Å². The van der Waals surface area contributed by atoms with Crippen LogP contribution in [0.25, 0.3) is 0 Å². The van der Waals surface area contributed by atoms with Crippen LogP contribution in [0.3, 0.4) is 0 Å². The lowest BCUT2D eigenvalue weighted by Crippen LogP contribution is -2.53. The fraction of sp³-hybridized carbons (Fsp3) is 0.643. The van der Waals surface area contributed by atoms with Crippen molar-refractivity contribution in [2.75, 3.05) is 19.4 Å². The Bertz CT molecular complexity index is 928. The highest BCUT2D eigenvalue weighted by Crippen LogP contribution is 2.44. The summed E-state index contributed by atoms with van der Waals surface area (Å²) in [6.45, 7) is 20.1. The van der Waals surface area contributed by atoms with Gasteiger partial charge in [0.05, 0.1) is 12.5 Å². The van der Waals surface area contributed by atoms with E-state index in [1.165, 1.54) is 44.3 Å². The average molecular weight is 603 g/mol. The fourth-order valence-corrected chi connectivity index (χ4v) is 6.97. The van der Waals surface area contributed by atoms with E-state index >= 15 is 0 Å². The van der Waals surface area contributed by atoms with Crippen molar-refractivity contribution >= 4 is 56.9 Å². The molecule has 2 unspecified atom stereocenters. The smallest absolute Gasteiger partial charge is 0.335 e. The topological polar surface area (TPSA) is 128 Å². The van der Waals surface area contributed by atoms with Crippen molar-refractivity contribution in [3.05, 3.63) is 37.0 Å². The third kappa shape index (κ3) is 13.6. The van der Waals surface area contributed by atoms with Crippen molar-refractivity contribution in [2.45, 2.75) is 84.0 Å². The van der Waals surface area contributed by atoms with Gasteiger partial charge in [-0.05, 0) is 58.4 Å². The molecule has 8 nitrogen and oxygen atoms in total. The zero-order valence-electron chi connectivity index (χ0n) is 24.5. The summed E-state index contributed by atoms with van der Waals surface area (Å²) in [5.41, 5.74) is 5.20. The number of carbonyl (C=O) groups excluding carboxylic acids is 3. The first kappa shape index (κ1) is 37.5. The number of ketones is 1. The van der Waals surface area contributed by atoms with E-state index in [9.17, 15) is 19.5 Å². The molecule has 39 heavy (non-hydrogen) atoms. The number of rotatable bonds is 17. The van der Waals surface area contributed by atoms with Crippen LogP contribution in [0.1, 0.15) is 61.3 Å². The number of thiocarbonyl (C=S) groups is 1. The summed E-state index contributed by atoms with van der Waals surface area (Å²) in [5.74, 6) is -1.48. The number of thioether (sulfide) groups is 2. The molecule has 0 aromatic heterocycles. The number of amides is 1. The second-order valence-electron chi connectivity index (χ2n) is 10.8. The number of Topliss-reactive ketones (excluding diaryl/α,β-unsaturated/α-hetero) is 1. The molecule has 4 N–H and O–H groups in total. The highest BCUT2D eigenvalue weighted by Gasteiger charge is 2.40. The van der Waals surface area contributed by atoms with E-state index in [1.807, 2.05) is 26.0 Å². The first-order chi connectivity index (χ1) is 17.8. The van der Waals surface area contributed by atoms with Crippen molar-refractivity contribution in [3.8, 4) is 0 Å². The Kier molecular flexibility index (Phi) is 16.0. The number of esters is 1. The molecular formula is C28H46N2O6S3. The lowest BCUT2D eigenvalue weighted by atomic mass is 9.74. The molecule has 0 aliphatic carbocycles. The van der Waals surface area contributed by atoms with Crippen LogP contribution in [0, 0.1) is 11.3 Å². The Morgan fingerprint density at radius 3 is 2.23 bits per heavy atom. The van der Waals surface area contributed by atoms with Crippen molar-refractivity contribution in [2.24, 2.45) is 17.1 Å². The summed E-state index contributed by atoms with van der Waals surface area (Å²) in [4.78, 5) is 37.0. The number of allylic oxidation sites excluding steroid dienone is 4. The van der Waals surface area contributed by atoms with Gasteiger partial charge in [0.2, 0.25) is 11.7 Å². The van der Waals surface area contributed by atoms with E-state index < -0.39 is 34.4 Å². The Morgan fingerprint density at radius 1 is 1.15 bits per heavy atom. The van der Waals surface area contributed by atoms with Crippen LogP contribution in [-0.4, -0.2) is 68.4 Å². The van der Waals surface area contributed by atoms with Crippen molar-refractivity contribution in [3.63, 3.8) is 0 Å². The summed E-state index contributed by atoms with van der Waals surface area (Å²) in [6, 6.07) is 0.